The number of hydrogen-bond donors (Lipinski definition) is 1. The molecule has 2 saturated heterocycles. The number of urea groups is 1. The molecule has 4 nitrogen and oxygen atoms in total. The van der Waals surface area contributed by atoms with Crippen LogP contribution in [0.25, 0.3) is 0 Å². The minimum absolute atomic E-state index is 0.0551. The predicted molar refractivity (Wildman–Crippen MR) is 88.9 cm³/mol. The zero-order chi connectivity index (χ0) is 15.5. The lowest BCUT2D eigenvalue weighted by atomic mass is 10.0. The smallest absolute Gasteiger partial charge is 0.317 e. The molecule has 2 aliphatic heterocycles. The number of nitrogens with one attached hydrogen (secondary N) is 1. The molecule has 0 bridgehead atoms. The first-order valence-electron chi connectivity index (χ1n) is 8.50. The number of rotatable bonds is 3. The molecule has 2 fully saturated rings. The summed E-state index contributed by atoms with van der Waals surface area (Å²) in [4.78, 5) is 17.0. The summed E-state index contributed by atoms with van der Waals surface area (Å²) in [6.07, 6.45) is 3.74. The Hall–Kier alpha value is -1.55. The fraction of sp³-hybridized carbons (Fsp3) is 0.611. The average Bonchev–Trinajstić information content (AvgIpc) is 3.18. The van der Waals surface area contributed by atoms with Crippen molar-refractivity contribution >= 4 is 6.03 Å². The quantitative estimate of drug-likeness (QED) is 0.931. The summed E-state index contributed by atoms with van der Waals surface area (Å²) in [6, 6.07) is 8.96. The molecule has 2 unspecified atom stereocenters. The first-order valence-corrected chi connectivity index (χ1v) is 8.50. The van der Waals surface area contributed by atoms with E-state index in [0.717, 1.165) is 19.5 Å². The maximum atomic E-state index is 12.5. The number of carbonyl (C=O) groups excluding carboxylic acids is 1. The van der Waals surface area contributed by atoms with Crippen molar-refractivity contribution in [2.24, 2.45) is 0 Å². The van der Waals surface area contributed by atoms with E-state index in [9.17, 15) is 4.79 Å². The van der Waals surface area contributed by atoms with Gasteiger partial charge in [-0.15, -0.1) is 0 Å². The molecule has 2 heterocycles. The molecule has 1 aromatic carbocycles. The Morgan fingerprint density at radius 2 is 1.95 bits per heavy atom. The molecule has 4 heteroatoms. The molecular weight excluding hydrogens is 274 g/mol. The molecule has 1 aromatic rings. The van der Waals surface area contributed by atoms with Gasteiger partial charge in [-0.05, 0) is 57.3 Å². The number of carbonyl (C=O) groups is 1. The van der Waals surface area contributed by atoms with Crippen LogP contribution in [0.15, 0.2) is 24.3 Å². The van der Waals surface area contributed by atoms with E-state index >= 15 is 0 Å². The van der Waals surface area contributed by atoms with Crippen molar-refractivity contribution in [1.82, 2.24) is 15.1 Å². The molecule has 2 atom stereocenters. The van der Waals surface area contributed by atoms with Gasteiger partial charge in [0.2, 0.25) is 0 Å². The largest absolute Gasteiger partial charge is 0.331 e. The first-order chi connectivity index (χ1) is 10.6. The van der Waals surface area contributed by atoms with E-state index in [1.807, 2.05) is 17.0 Å². The Labute approximate surface area is 133 Å². The van der Waals surface area contributed by atoms with E-state index in [4.69, 9.17) is 0 Å². The summed E-state index contributed by atoms with van der Waals surface area (Å²) in [6.45, 7) is 8.34. The third-order valence-corrected chi connectivity index (χ3v) is 5.10. The summed E-state index contributed by atoms with van der Waals surface area (Å²) in [5, 5.41) is 3.16. The second-order valence-electron chi connectivity index (χ2n) is 6.66. The van der Waals surface area contributed by atoms with Gasteiger partial charge in [0.15, 0.2) is 0 Å². The van der Waals surface area contributed by atoms with Crippen molar-refractivity contribution in [1.29, 1.82) is 0 Å². The van der Waals surface area contributed by atoms with Crippen LogP contribution in [-0.4, -0.2) is 48.1 Å². The SMILES string of the molecule is Cc1ccccc1C(C)NC(=O)N1CCC(N2CCCC2)C1. The minimum atomic E-state index is 0.0551. The van der Waals surface area contributed by atoms with E-state index in [2.05, 4.69) is 36.2 Å². The van der Waals surface area contributed by atoms with Crippen LogP contribution in [0.4, 0.5) is 4.79 Å². The van der Waals surface area contributed by atoms with Crippen molar-refractivity contribution in [3.05, 3.63) is 35.4 Å². The van der Waals surface area contributed by atoms with Crippen LogP contribution in [0, 0.1) is 6.92 Å². The van der Waals surface area contributed by atoms with Gasteiger partial charge in [0.1, 0.15) is 0 Å². The van der Waals surface area contributed by atoms with Crippen LogP contribution < -0.4 is 5.32 Å². The predicted octanol–water partition coefficient (Wildman–Crippen LogP) is 2.94. The van der Waals surface area contributed by atoms with E-state index in [1.165, 1.54) is 37.1 Å². The van der Waals surface area contributed by atoms with E-state index in [-0.39, 0.29) is 12.1 Å². The lowest BCUT2D eigenvalue weighted by Gasteiger charge is -2.25. The molecule has 1 N–H and O–H groups in total. The van der Waals surface area contributed by atoms with Crippen LogP contribution in [0.1, 0.15) is 43.4 Å². The summed E-state index contributed by atoms with van der Waals surface area (Å²) < 4.78 is 0. The topological polar surface area (TPSA) is 35.6 Å². The highest BCUT2D eigenvalue weighted by Gasteiger charge is 2.31. The Kier molecular flexibility index (Phi) is 4.67. The van der Waals surface area contributed by atoms with Gasteiger partial charge in [0, 0.05) is 19.1 Å². The van der Waals surface area contributed by atoms with E-state index < -0.39 is 0 Å². The third kappa shape index (κ3) is 3.27. The Balaban J connectivity index is 1.55. The fourth-order valence-electron chi connectivity index (χ4n) is 3.76. The van der Waals surface area contributed by atoms with Gasteiger partial charge in [-0.25, -0.2) is 4.79 Å². The third-order valence-electron chi connectivity index (χ3n) is 5.10. The van der Waals surface area contributed by atoms with Crippen LogP contribution in [-0.2, 0) is 0 Å². The van der Waals surface area contributed by atoms with Crippen LogP contribution in [0.5, 0.6) is 0 Å². The van der Waals surface area contributed by atoms with Gasteiger partial charge in [-0.2, -0.15) is 0 Å². The lowest BCUT2D eigenvalue weighted by Crippen LogP contribution is -2.42. The Morgan fingerprint density at radius 1 is 1.23 bits per heavy atom. The van der Waals surface area contributed by atoms with Gasteiger partial charge in [-0.3, -0.25) is 4.90 Å². The Morgan fingerprint density at radius 3 is 2.68 bits per heavy atom. The number of hydrogen-bond acceptors (Lipinski definition) is 2. The van der Waals surface area contributed by atoms with E-state index in [1.54, 1.807) is 0 Å². The zero-order valence-corrected chi connectivity index (χ0v) is 13.7. The zero-order valence-electron chi connectivity index (χ0n) is 13.7. The molecule has 120 valence electrons. The van der Waals surface area contributed by atoms with Crippen LogP contribution in [0.3, 0.4) is 0 Å². The summed E-state index contributed by atoms with van der Waals surface area (Å²) >= 11 is 0. The fourth-order valence-corrected chi connectivity index (χ4v) is 3.76. The van der Waals surface area contributed by atoms with Gasteiger partial charge < -0.3 is 10.2 Å². The molecular formula is C18H27N3O. The number of benzene rings is 1. The number of amides is 2. The highest BCUT2D eigenvalue weighted by molar-refractivity contribution is 5.75. The number of nitrogens with zero attached hydrogens (tertiary/aromatic N) is 2. The molecule has 0 spiro atoms. The standard InChI is InChI=1S/C18H27N3O/c1-14-7-3-4-8-17(14)15(2)19-18(22)21-12-9-16(13-21)20-10-5-6-11-20/h3-4,7-8,15-16H,5-6,9-13H2,1-2H3,(H,19,22). The Bertz CT molecular complexity index is 525. The summed E-state index contributed by atoms with van der Waals surface area (Å²) in [5.41, 5.74) is 2.43. The molecule has 0 radical (unpaired) electrons. The number of aryl methyl sites for hydroxylation is 1. The first kappa shape index (κ1) is 15.3. The van der Waals surface area contributed by atoms with Gasteiger partial charge in [0.25, 0.3) is 0 Å². The van der Waals surface area contributed by atoms with Crippen molar-refractivity contribution in [2.75, 3.05) is 26.2 Å². The summed E-state index contributed by atoms with van der Waals surface area (Å²) in [5.74, 6) is 0. The van der Waals surface area contributed by atoms with Gasteiger partial charge >= 0.3 is 6.03 Å². The second kappa shape index (κ2) is 6.69. The molecule has 0 saturated carbocycles. The second-order valence-corrected chi connectivity index (χ2v) is 6.66. The summed E-state index contributed by atoms with van der Waals surface area (Å²) in [7, 11) is 0. The maximum Gasteiger partial charge on any atom is 0.317 e. The molecule has 0 aliphatic carbocycles. The van der Waals surface area contributed by atoms with Gasteiger partial charge in [-0.1, -0.05) is 24.3 Å². The minimum Gasteiger partial charge on any atom is -0.331 e. The van der Waals surface area contributed by atoms with E-state index in [0.29, 0.717) is 6.04 Å². The maximum absolute atomic E-state index is 12.5. The van der Waals surface area contributed by atoms with Crippen molar-refractivity contribution in [3.63, 3.8) is 0 Å². The van der Waals surface area contributed by atoms with Crippen molar-refractivity contribution in [2.45, 2.75) is 45.2 Å². The average molecular weight is 301 g/mol. The van der Waals surface area contributed by atoms with Crippen molar-refractivity contribution in [3.8, 4) is 0 Å². The van der Waals surface area contributed by atoms with Crippen LogP contribution in [0.2, 0.25) is 0 Å². The molecule has 2 amide bonds. The molecule has 2 aliphatic rings. The monoisotopic (exact) mass is 301 g/mol. The van der Waals surface area contributed by atoms with Crippen LogP contribution >= 0.6 is 0 Å². The lowest BCUT2D eigenvalue weighted by molar-refractivity contribution is 0.196. The molecule has 3 rings (SSSR count). The highest BCUT2D eigenvalue weighted by Crippen LogP contribution is 2.22. The number of likely N-dealkylation sites (tertiary alicyclic amines) is 2. The normalized spacial score (nSPS) is 23.7. The molecule has 22 heavy (non-hydrogen) atoms. The highest BCUT2D eigenvalue weighted by atomic mass is 16.2. The van der Waals surface area contributed by atoms with Gasteiger partial charge in [0.05, 0.1) is 6.04 Å². The van der Waals surface area contributed by atoms with Crippen molar-refractivity contribution < 1.29 is 4.79 Å². The molecule has 0 aromatic heterocycles.